The molecule has 0 spiro atoms. The first kappa shape index (κ1) is 18.2. The van der Waals surface area contributed by atoms with Gasteiger partial charge in [-0.15, -0.1) is 0 Å². The molecule has 1 atom stereocenters. The van der Waals surface area contributed by atoms with E-state index in [1.54, 1.807) is 0 Å². The summed E-state index contributed by atoms with van der Waals surface area (Å²) in [5.41, 5.74) is 7.25. The molecule has 1 rings (SSSR count). The Kier molecular flexibility index (Phi) is 7.60. The second-order valence-corrected chi connectivity index (χ2v) is 5.93. The standard InChI is InChI=1S/C17H27N3O2/c1-5-6-14-7-9-15(10-8-14)17(12(2)3)18-11-16(22)20-19-13(4)21/h7-10,12,17-18H,5-6,11H2,1-4H3,(H,19,21)(H,20,22)/p+1/t17-/m0/s1. The smallest absolute Gasteiger partial charge is 0.293 e. The van der Waals surface area contributed by atoms with Gasteiger partial charge in [0.05, 0.1) is 0 Å². The van der Waals surface area contributed by atoms with Crippen molar-refractivity contribution < 1.29 is 14.9 Å². The van der Waals surface area contributed by atoms with Gasteiger partial charge in [0, 0.05) is 18.4 Å². The van der Waals surface area contributed by atoms with Gasteiger partial charge in [0.1, 0.15) is 6.04 Å². The molecule has 0 unspecified atom stereocenters. The van der Waals surface area contributed by atoms with Crippen LogP contribution in [0.25, 0.3) is 0 Å². The minimum atomic E-state index is -0.278. The molecule has 5 nitrogen and oxygen atoms in total. The van der Waals surface area contributed by atoms with Crippen molar-refractivity contribution in [1.82, 2.24) is 10.9 Å². The van der Waals surface area contributed by atoms with Gasteiger partial charge in [-0.2, -0.15) is 0 Å². The molecule has 0 aliphatic rings. The maximum Gasteiger partial charge on any atom is 0.293 e. The van der Waals surface area contributed by atoms with Gasteiger partial charge in [-0.3, -0.25) is 20.4 Å². The molecule has 0 saturated carbocycles. The number of aryl methyl sites for hydroxylation is 1. The van der Waals surface area contributed by atoms with E-state index >= 15 is 0 Å². The van der Waals surface area contributed by atoms with Crippen molar-refractivity contribution in [2.45, 2.75) is 46.6 Å². The first-order valence-electron chi connectivity index (χ1n) is 7.91. The molecule has 1 aromatic carbocycles. The lowest BCUT2D eigenvalue weighted by molar-refractivity contribution is -0.692. The Balaban J connectivity index is 2.61. The van der Waals surface area contributed by atoms with Crippen LogP contribution >= 0.6 is 0 Å². The summed E-state index contributed by atoms with van der Waals surface area (Å²) in [5, 5.41) is 2.01. The van der Waals surface area contributed by atoms with Crippen LogP contribution in [0.4, 0.5) is 0 Å². The second kappa shape index (κ2) is 9.20. The van der Waals surface area contributed by atoms with E-state index in [1.807, 2.05) is 5.32 Å². The van der Waals surface area contributed by atoms with Crippen molar-refractivity contribution in [1.29, 1.82) is 0 Å². The zero-order valence-electron chi connectivity index (χ0n) is 14.0. The summed E-state index contributed by atoms with van der Waals surface area (Å²) in [6, 6.07) is 8.85. The molecule has 2 amide bonds. The predicted octanol–water partition coefficient (Wildman–Crippen LogP) is 1.07. The zero-order valence-corrected chi connectivity index (χ0v) is 14.0. The summed E-state index contributed by atoms with van der Waals surface area (Å²) in [6.07, 6.45) is 2.23. The highest BCUT2D eigenvalue weighted by Crippen LogP contribution is 2.18. The monoisotopic (exact) mass is 306 g/mol. The fourth-order valence-electron chi connectivity index (χ4n) is 2.43. The number of hydrogen-bond donors (Lipinski definition) is 3. The minimum Gasteiger partial charge on any atom is -0.332 e. The Hall–Kier alpha value is -1.88. The molecule has 0 aliphatic carbocycles. The van der Waals surface area contributed by atoms with Gasteiger partial charge < -0.3 is 5.32 Å². The van der Waals surface area contributed by atoms with Gasteiger partial charge in [0.2, 0.25) is 5.91 Å². The van der Waals surface area contributed by atoms with E-state index in [1.165, 1.54) is 18.1 Å². The minimum absolute atomic E-state index is 0.205. The maximum atomic E-state index is 11.7. The number of carbonyl (C=O) groups is 2. The van der Waals surface area contributed by atoms with Gasteiger partial charge in [0.15, 0.2) is 6.54 Å². The van der Waals surface area contributed by atoms with Gasteiger partial charge in [-0.05, 0) is 12.0 Å². The Bertz CT molecular complexity index is 483. The SMILES string of the molecule is CCCc1ccc([C@@H]([NH2+]CC(=O)NNC(C)=O)C(C)C)cc1. The van der Waals surface area contributed by atoms with Crippen LogP contribution < -0.4 is 16.2 Å². The maximum absolute atomic E-state index is 11.7. The van der Waals surface area contributed by atoms with E-state index in [-0.39, 0.29) is 24.4 Å². The van der Waals surface area contributed by atoms with Crippen molar-refractivity contribution in [3.63, 3.8) is 0 Å². The molecule has 0 radical (unpaired) electrons. The predicted molar refractivity (Wildman–Crippen MR) is 86.8 cm³/mol. The summed E-state index contributed by atoms with van der Waals surface area (Å²) in [6.45, 7) is 8.10. The van der Waals surface area contributed by atoms with Crippen molar-refractivity contribution in [2.24, 2.45) is 5.92 Å². The van der Waals surface area contributed by atoms with Gasteiger partial charge in [0.25, 0.3) is 5.91 Å². The molecular formula is C17H28N3O2+. The summed E-state index contributed by atoms with van der Waals surface area (Å²) < 4.78 is 0. The summed E-state index contributed by atoms with van der Waals surface area (Å²) in [5.74, 6) is -0.0747. The third-order valence-electron chi connectivity index (χ3n) is 3.56. The molecule has 0 aliphatic heterocycles. The molecule has 1 aromatic rings. The van der Waals surface area contributed by atoms with E-state index in [4.69, 9.17) is 0 Å². The highest BCUT2D eigenvalue weighted by atomic mass is 16.2. The number of hydrogen-bond acceptors (Lipinski definition) is 2. The third-order valence-corrected chi connectivity index (χ3v) is 3.56. The summed E-state index contributed by atoms with van der Waals surface area (Å²) in [4.78, 5) is 22.5. The van der Waals surface area contributed by atoms with E-state index in [2.05, 4.69) is 55.9 Å². The lowest BCUT2D eigenvalue weighted by Gasteiger charge is -2.19. The Labute approximate surface area is 132 Å². The topological polar surface area (TPSA) is 74.8 Å². The number of benzene rings is 1. The van der Waals surface area contributed by atoms with Gasteiger partial charge in [-0.25, -0.2) is 0 Å². The number of quaternary nitrogens is 1. The van der Waals surface area contributed by atoms with Crippen LogP contribution in [-0.2, 0) is 16.0 Å². The lowest BCUT2D eigenvalue weighted by atomic mass is 9.94. The van der Waals surface area contributed by atoms with Crippen molar-refractivity contribution in [2.75, 3.05) is 6.54 Å². The van der Waals surface area contributed by atoms with Crippen LogP contribution in [0.2, 0.25) is 0 Å². The number of nitrogens with two attached hydrogens (primary N) is 1. The second-order valence-electron chi connectivity index (χ2n) is 5.93. The Morgan fingerprint density at radius 1 is 1.14 bits per heavy atom. The Morgan fingerprint density at radius 2 is 1.77 bits per heavy atom. The highest BCUT2D eigenvalue weighted by Gasteiger charge is 2.20. The third kappa shape index (κ3) is 6.26. The average molecular weight is 306 g/mol. The Morgan fingerprint density at radius 3 is 2.27 bits per heavy atom. The molecule has 0 bridgehead atoms. The number of hydrazine groups is 1. The molecule has 0 aromatic heterocycles. The van der Waals surface area contributed by atoms with Crippen LogP contribution in [0.3, 0.4) is 0 Å². The van der Waals surface area contributed by atoms with Crippen molar-refractivity contribution in [3.05, 3.63) is 35.4 Å². The first-order valence-corrected chi connectivity index (χ1v) is 7.91. The molecule has 5 heteroatoms. The van der Waals surface area contributed by atoms with Crippen LogP contribution in [0, 0.1) is 5.92 Å². The number of rotatable bonds is 7. The molecule has 0 fully saturated rings. The van der Waals surface area contributed by atoms with Crippen LogP contribution in [0.5, 0.6) is 0 Å². The van der Waals surface area contributed by atoms with E-state index in [0.29, 0.717) is 5.92 Å². The number of nitrogens with one attached hydrogen (secondary N) is 2. The summed E-state index contributed by atoms with van der Waals surface area (Å²) in [7, 11) is 0. The summed E-state index contributed by atoms with van der Waals surface area (Å²) >= 11 is 0. The van der Waals surface area contributed by atoms with E-state index in [0.717, 1.165) is 12.8 Å². The first-order chi connectivity index (χ1) is 10.4. The molecule has 0 heterocycles. The zero-order chi connectivity index (χ0) is 16.5. The van der Waals surface area contributed by atoms with Crippen molar-refractivity contribution >= 4 is 11.8 Å². The van der Waals surface area contributed by atoms with E-state index < -0.39 is 0 Å². The normalized spacial score (nSPS) is 12.0. The average Bonchev–Trinajstić information content (AvgIpc) is 2.47. The fourth-order valence-corrected chi connectivity index (χ4v) is 2.43. The lowest BCUT2D eigenvalue weighted by Crippen LogP contribution is -2.88. The molecule has 122 valence electrons. The van der Waals surface area contributed by atoms with Crippen LogP contribution in [-0.4, -0.2) is 18.4 Å². The van der Waals surface area contributed by atoms with Crippen LogP contribution in [0.15, 0.2) is 24.3 Å². The molecule has 0 saturated heterocycles. The number of carbonyl (C=O) groups excluding carboxylic acids is 2. The van der Waals surface area contributed by atoms with Crippen LogP contribution in [0.1, 0.15) is 51.3 Å². The largest absolute Gasteiger partial charge is 0.332 e. The van der Waals surface area contributed by atoms with Gasteiger partial charge >= 0.3 is 0 Å². The fraction of sp³-hybridized carbons (Fsp3) is 0.529. The highest BCUT2D eigenvalue weighted by molar-refractivity contribution is 5.81. The molecule has 4 N–H and O–H groups in total. The van der Waals surface area contributed by atoms with Gasteiger partial charge in [-0.1, -0.05) is 51.5 Å². The quantitative estimate of drug-likeness (QED) is 0.659. The molecular weight excluding hydrogens is 278 g/mol. The van der Waals surface area contributed by atoms with E-state index in [9.17, 15) is 9.59 Å². The number of amides is 2. The van der Waals surface area contributed by atoms with Crippen molar-refractivity contribution in [3.8, 4) is 0 Å². The molecule has 22 heavy (non-hydrogen) atoms.